The number of rotatable bonds is 9. The third kappa shape index (κ3) is 5.56. The minimum atomic E-state index is -0.0822. The molecule has 4 rings (SSSR count). The van der Waals surface area contributed by atoms with Crippen LogP contribution in [0.25, 0.3) is 5.57 Å². The molecule has 0 spiro atoms. The van der Waals surface area contributed by atoms with Gasteiger partial charge in [0.2, 0.25) is 0 Å². The summed E-state index contributed by atoms with van der Waals surface area (Å²) in [5.74, 6) is 2.99. The van der Waals surface area contributed by atoms with Gasteiger partial charge >= 0.3 is 0 Å². The van der Waals surface area contributed by atoms with Crippen molar-refractivity contribution in [1.29, 1.82) is 0 Å². The molecule has 1 N–H and O–H groups in total. The number of carbonyl (C=O) groups excluding carboxylic acids is 1. The van der Waals surface area contributed by atoms with E-state index in [0.29, 0.717) is 36.3 Å². The quantitative estimate of drug-likeness (QED) is 0.431. The lowest BCUT2D eigenvalue weighted by Crippen LogP contribution is -2.27. The van der Waals surface area contributed by atoms with Gasteiger partial charge in [0.25, 0.3) is 5.56 Å². The predicted octanol–water partition coefficient (Wildman–Crippen LogP) is 5.06. The van der Waals surface area contributed by atoms with Gasteiger partial charge in [-0.25, -0.2) is 9.78 Å². The topological polar surface area (TPSA) is 81.4 Å². The highest BCUT2D eigenvalue weighted by Gasteiger charge is 2.21. The minimum Gasteiger partial charge on any atom is -0.508 e. The first-order chi connectivity index (χ1) is 17.5. The number of ether oxygens (including phenoxy) is 1. The molecule has 0 bridgehead atoms. The average Bonchev–Trinajstić information content (AvgIpc) is 2.91. The zero-order valence-electron chi connectivity index (χ0n) is 20.7. The van der Waals surface area contributed by atoms with Crippen LogP contribution in [0.2, 0.25) is 0 Å². The third-order valence-corrected chi connectivity index (χ3v) is 6.42. The Kier molecular flexibility index (Phi) is 7.99. The molecular formula is C30H30N2O4. The molecule has 3 aromatic rings. The van der Waals surface area contributed by atoms with Gasteiger partial charge in [-0.3, -0.25) is 9.36 Å². The van der Waals surface area contributed by atoms with E-state index in [1.807, 2.05) is 36.4 Å². The van der Waals surface area contributed by atoms with Crippen molar-refractivity contribution in [2.45, 2.75) is 45.6 Å². The van der Waals surface area contributed by atoms with Crippen molar-refractivity contribution in [2.24, 2.45) is 0 Å². The van der Waals surface area contributed by atoms with Crippen LogP contribution in [0.3, 0.4) is 0 Å². The molecule has 0 saturated carbocycles. The number of para-hydroxylation sites is 1. The molecule has 0 atom stereocenters. The van der Waals surface area contributed by atoms with Crippen LogP contribution in [0.1, 0.15) is 48.6 Å². The number of benzene rings is 2. The Morgan fingerprint density at radius 3 is 2.61 bits per heavy atom. The van der Waals surface area contributed by atoms with Gasteiger partial charge in [-0.2, -0.15) is 0 Å². The Bertz CT molecular complexity index is 1410. The van der Waals surface area contributed by atoms with Gasteiger partial charge in [-0.15, -0.1) is 0 Å². The molecule has 0 fully saturated rings. The lowest BCUT2D eigenvalue weighted by molar-refractivity contribution is 0.413. The standard InChI is InChI=1S/C30H30N2O4/c1-3-4-8-28-27(30(35)32(20-31-28)18-21-10-13-24(34)14-11-21)17-22-12-15-25(23(16-22)19-33)26-7-5-6-9-29(26)36-2/h5-7,9-15,20,34H,3-4,8,16-18H2,1-2H3. The van der Waals surface area contributed by atoms with Crippen molar-refractivity contribution in [3.05, 3.63) is 111 Å². The van der Waals surface area contributed by atoms with Crippen molar-refractivity contribution in [2.75, 3.05) is 7.11 Å². The van der Waals surface area contributed by atoms with E-state index >= 15 is 0 Å². The second kappa shape index (κ2) is 11.5. The molecule has 36 heavy (non-hydrogen) atoms. The largest absolute Gasteiger partial charge is 0.508 e. The molecule has 1 aliphatic carbocycles. The second-order valence-electron chi connectivity index (χ2n) is 8.91. The van der Waals surface area contributed by atoms with E-state index in [2.05, 4.69) is 17.8 Å². The smallest absolute Gasteiger partial charge is 0.257 e. The zero-order valence-corrected chi connectivity index (χ0v) is 20.7. The fourth-order valence-corrected chi connectivity index (χ4v) is 4.46. The van der Waals surface area contributed by atoms with Gasteiger partial charge in [0, 0.05) is 29.5 Å². The molecule has 6 nitrogen and oxygen atoms in total. The summed E-state index contributed by atoms with van der Waals surface area (Å²) >= 11 is 0. The number of methoxy groups -OCH3 is 1. The monoisotopic (exact) mass is 482 g/mol. The van der Waals surface area contributed by atoms with Crippen LogP contribution < -0.4 is 10.3 Å². The second-order valence-corrected chi connectivity index (χ2v) is 8.91. The first-order valence-electron chi connectivity index (χ1n) is 12.2. The summed E-state index contributed by atoms with van der Waals surface area (Å²) in [6.45, 7) is 2.48. The number of phenolic OH excluding ortho intramolecular Hbond substituents is 1. The highest BCUT2D eigenvalue weighted by atomic mass is 16.5. The van der Waals surface area contributed by atoms with E-state index in [1.165, 1.54) is 0 Å². The number of hydrogen-bond acceptors (Lipinski definition) is 5. The summed E-state index contributed by atoms with van der Waals surface area (Å²) in [5, 5.41) is 9.56. The van der Waals surface area contributed by atoms with Crippen molar-refractivity contribution >= 4 is 11.5 Å². The molecule has 1 aliphatic rings. The van der Waals surface area contributed by atoms with E-state index in [1.54, 1.807) is 42.3 Å². The number of allylic oxidation sites excluding steroid dienone is 5. The van der Waals surface area contributed by atoms with E-state index in [-0.39, 0.29) is 11.3 Å². The van der Waals surface area contributed by atoms with Crippen LogP contribution in [0.4, 0.5) is 0 Å². The summed E-state index contributed by atoms with van der Waals surface area (Å²) in [4.78, 5) is 30.1. The Balaban J connectivity index is 1.69. The maximum atomic E-state index is 13.5. The molecule has 0 unspecified atom stereocenters. The van der Waals surface area contributed by atoms with E-state index in [9.17, 15) is 14.7 Å². The minimum absolute atomic E-state index is 0.0822. The molecule has 0 amide bonds. The maximum absolute atomic E-state index is 13.5. The van der Waals surface area contributed by atoms with Crippen LogP contribution in [0, 0.1) is 0 Å². The number of phenols is 1. The van der Waals surface area contributed by atoms with Gasteiger partial charge < -0.3 is 9.84 Å². The molecule has 1 aromatic heterocycles. The summed E-state index contributed by atoms with van der Waals surface area (Å²) in [7, 11) is 1.61. The number of hydrogen-bond donors (Lipinski definition) is 1. The average molecular weight is 483 g/mol. The van der Waals surface area contributed by atoms with Crippen LogP contribution >= 0.6 is 0 Å². The van der Waals surface area contributed by atoms with Crippen LogP contribution in [0.5, 0.6) is 11.5 Å². The fourth-order valence-electron chi connectivity index (χ4n) is 4.46. The van der Waals surface area contributed by atoms with Crippen molar-refractivity contribution < 1.29 is 14.6 Å². The van der Waals surface area contributed by atoms with E-state index < -0.39 is 0 Å². The lowest BCUT2D eigenvalue weighted by atomic mass is 9.86. The number of aromatic nitrogens is 2. The molecule has 6 heteroatoms. The van der Waals surface area contributed by atoms with Gasteiger partial charge in [0.15, 0.2) is 0 Å². The molecule has 184 valence electrons. The summed E-state index contributed by atoms with van der Waals surface area (Å²) in [6, 6.07) is 14.4. The Morgan fingerprint density at radius 1 is 1.11 bits per heavy atom. The van der Waals surface area contributed by atoms with Crippen molar-refractivity contribution in [1.82, 2.24) is 9.55 Å². The van der Waals surface area contributed by atoms with E-state index in [4.69, 9.17) is 4.74 Å². The number of aryl methyl sites for hydroxylation is 1. The first kappa shape index (κ1) is 25.0. The Hall–Kier alpha value is -4.15. The molecule has 1 heterocycles. The predicted molar refractivity (Wildman–Crippen MR) is 141 cm³/mol. The normalized spacial score (nSPS) is 13.1. The van der Waals surface area contributed by atoms with Gasteiger partial charge in [0.1, 0.15) is 17.4 Å². The molecule has 0 radical (unpaired) electrons. The molecule has 0 aliphatic heterocycles. The zero-order chi connectivity index (χ0) is 25.5. The van der Waals surface area contributed by atoms with Crippen LogP contribution in [-0.2, 0) is 24.2 Å². The van der Waals surface area contributed by atoms with Gasteiger partial charge in [0.05, 0.1) is 25.7 Å². The maximum Gasteiger partial charge on any atom is 0.257 e. The third-order valence-electron chi connectivity index (χ3n) is 6.42. The molecular weight excluding hydrogens is 452 g/mol. The number of nitrogens with zero attached hydrogens (tertiary/aromatic N) is 2. The number of unbranched alkanes of at least 4 members (excludes halogenated alkanes) is 1. The van der Waals surface area contributed by atoms with Crippen molar-refractivity contribution in [3.8, 4) is 11.5 Å². The summed E-state index contributed by atoms with van der Waals surface area (Å²) < 4.78 is 7.08. The Morgan fingerprint density at radius 2 is 1.89 bits per heavy atom. The molecule has 0 saturated heterocycles. The van der Waals surface area contributed by atoms with E-state index in [0.717, 1.165) is 47.2 Å². The number of aromatic hydroxyl groups is 1. The molecule has 2 aromatic carbocycles. The SMILES string of the molecule is CCCCc1ncn(Cc2ccc(O)cc2)c(=O)c1CC1=CC=C(c2ccccc2OC)C(=C=O)C1. The van der Waals surface area contributed by atoms with Crippen LogP contribution in [0.15, 0.2) is 83.0 Å². The summed E-state index contributed by atoms with van der Waals surface area (Å²) in [6.07, 6.45) is 9.01. The van der Waals surface area contributed by atoms with Gasteiger partial charge in [-0.05, 0) is 42.2 Å². The highest BCUT2D eigenvalue weighted by Crippen LogP contribution is 2.36. The van der Waals surface area contributed by atoms with Gasteiger partial charge in [-0.1, -0.05) is 61.4 Å². The summed E-state index contributed by atoms with van der Waals surface area (Å²) in [5.41, 5.74) is 5.42. The first-order valence-corrected chi connectivity index (χ1v) is 12.2. The van der Waals surface area contributed by atoms with Crippen molar-refractivity contribution in [3.63, 3.8) is 0 Å². The Labute approximate surface area is 210 Å². The highest BCUT2D eigenvalue weighted by molar-refractivity contribution is 5.91. The lowest BCUT2D eigenvalue weighted by Gasteiger charge is -2.19. The fraction of sp³-hybridized carbons (Fsp3) is 0.267. The van der Waals surface area contributed by atoms with Crippen LogP contribution in [-0.4, -0.2) is 27.7 Å².